The quantitative estimate of drug-likeness (QED) is 0.762. The fraction of sp³-hybridized carbons (Fsp3) is 0.364. The summed E-state index contributed by atoms with van der Waals surface area (Å²) in [6.45, 7) is 1.96. The van der Waals surface area contributed by atoms with Crippen molar-refractivity contribution in [3.63, 3.8) is 0 Å². The smallest absolute Gasteiger partial charge is 0.338 e. The van der Waals surface area contributed by atoms with Gasteiger partial charge in [-0.1, -0.05) is 6.07 Å². The third kappa shape index (κ3) is 2.70. The minimum atomic E-state index is -0.389. The molecule has 0 aliphatic heterocycles. The lowest BCUT2D eigenvalue weighted by molar-refractivity contribution is 0.0526. The van der Waals surface area contributed by atoms with E-state index in [1.807, 2.05) is 0 Å². The van der Waals surface area contributed by atoms with Gasteiger partial charge in [-0.3, -0.25) is 0 Å². The molecule has 0 aliphatic carbocycles. The number of carbonyl (C=O) groups is 1. The first kappa shape index (κ1) is 11.5. The lowest BCUT2D eigenvalue weighted by Gasteiger charge is -2.08. The molecular weight excluding hydrogens is 196 g/mol. The Kier molecular flexibility index (Phi) is 4.12. The van der Waals surface area contributed by atoms with E-state index >= 15 is 0 Å². The number of carbonyl (C=O) groups excluding carboxylic acids is 1. The van der Waals surface area contributed by atoms with Gasteiger partial charge in [0.15, 0.2) is 0 Å². The summed E-state index contributed by atoms with van der Waals surface area (Å²) in [5.74, 6) is 0.100. The van der Waals surface area contributed by atoms with Crippen LogP contribution in [-0.2, 0) is 11.3 Å². The van der Waals surface area contributed by atoms with Crippen LogP contribution in [0.3, 0.4) is 0 Å². The lowest BCUT2D eigenvalue weighted by atomic mass is 10.1. The Morgan fingerprint density at radius 1 is 1.47 bits per heavy atom. The van der Waals surface area contributed by atoms with Crippen molar-refractivity contribution in [2.24, 2.45) is 0 Å². The number of hydrogen-bond acceptors (Lipinski definition) is 4. The Morgan fingerprint density at radius 2 is 2.20 bits per heavy atom. The number of aliphatic hydroxyl groups is 1. The number of hydrogen-bond donors (Lipinski definition) is 1. The standard InChI is InChI=1S/C11H14O4/c1-3-15-11(13)8-4-5-9(7-12)10(6-8)14-2/h4-6,12H,3,7H2,1-2H3. The van der Waals surface area contributed by atoms with Gasteiger partial charge in [0.25, 0.3) is 0 Å². The molecule has 1 aromatic rings. The van der Waals surface area contributed by atoms with Crippen LogP contribution >= 0.6 is 0 Å². The first-order valence-electron chi connectivity index (χ1n) is 4.67. The van der Waals surface area contributed by atoms with E-state index in [1.165, 1.54) is 7.11 Å². The molecule has 0 atom stereocenters. The molecule has 1 N–H and O–H groups in total. The third-order valence-corrected chi connectivity index (χ3v) is 1.97. The highest BCUT2D eigenvalue weighted by Gasteiger charge is 2.10. The van der Waals surface area contributed by atoms with Crippen LogP contribution in [0.25, 0.3) is 0 Å². The molecule has 0 heterocycles. The van der Waals surface area contributed by atoms with E-state index in [2.05, 4.69) is 0 Å². The van der Waals surface area contributed by atoms with Gasteiger partial charge in [0.2, 0.25) is 0 Å². The monoisotopic (exact) mass is 210 g/mol. The van der Waals surface area contributed by atoms with Crippen LogP contribution in [-0.4, -0.2) is 24.8 Å². The molecule has 0 bridgehead atoms. The molecule has 0 aliphatic rings. The highest BCUT2D eigenvalue weighted by atomic mass is 16.5. The first-order chi connectivity index (χ1) is 7.22. The molecule has 1 aromatic carbocycles. The molecule has 0 amide bonds. The van der Waals surface area contributed by atoms with Crippen LogP contribution in [0.15, 0.2) is 18.2 Å². The minimum Gasteiger partial charge on any atom is -0.496 e. The fourth-order valence-electron chi connectivity index (χ4n) is 1.22. The molecule has 0 spiro atoms. The van der Waals surface area contributed by atoms with Crippen molar-refractivity contribution in [3.8, 4) is 5.75 Å². The summed E-state index contributed by atoms with van der Waals surface area (Å²) >= 11 is 0. The first-order valence-corrected chi connectivity index (χ1v) is 4.67. The number of benzene rings is 1. The SMILES string of the molecule is CCOC(=O)c1ccc(CO)c(OC)c1. The summed E-state index contributed by atoms with van der Waals surface area (Å²) in [6.07, 6.45) is 0. The maximum atomic E-state index is 11.4. The van der Waals surface area contributed by atoms with Gasteiger partial charge in [-0.15, -0.1) is 0 Å². The average Bonchev–Trinajstić information content (AvgIpc) is 2.28. The van der Waals surface area contributed by atoms with E-state index in [9.17, 15) is 4.79 Å². The summed E-state index contributed by atoms with van der Waals surface area (Å²) in [4.78, 5) is 11.4. The molecule has 0 aromatic heterocycles. The summed E-state index contributed by atoms with van der Waals surface area (Å²) < 4.78 is 9.88. The van der Waals surface area contributed by atoms with Crippen molar-refractivity contribution in [2.75, 3.05) is 13.7 Å². The Hall–Kier alpha value is -1.55. The van der Waals surface area contributed by atoms with Crippen molar-refractivity contribution in [1.82, 2.24) is 0 Å². The van der Waals surface area contributed by atoms with Gasteiger partial charge in [0.05, 0.1) is 25.9 Å². The summed E-state index contributed by atoms with van der Waals surface area (Å²) in [7, 11) is 1.49. The van der Waals surface area contributed by atoms with Crippen LogP contribution in [0.5, 0.6) is 5.75 Å². The van der Waals surface area contributed by atoms with Crippen molar-refractivity contribution in [3.05, 3.63) is 29.3 Å². The molecule has 4 heteroatoms. The molecule has 15 heavy (non-hydrogen) atoms. The maximum Gasteiger partial charge on any atom is 0.338 e. The molecule has 0 fully saturated rings. The lowest BCUT2D eigenvalue weighted by Crippen LogP contribution is -2.05. The van der Waals surface area contributed by atoms with Crippen LogP contribution in [0, 0.1) is 0 Å². The van der Waals surface area contributed by atoms with Gasteiger partial charge in [0, 0.05) is 5.56 Å². The van der Waals surface area contributed by atoms with Gasteiger partial charge >= 0.3 is 5.97 Å². The summed E-state index contributed by atoms with van der Waals surface area (Å²) in [6, 6.07) is 4.81. The molecule has 0 radical (unpaired) electrons. The molecule has 0 saturated carbocycles. The van der Waals surface area contributed by atoms with Gasteiger partial charge in [-0.05, 0) is 19.1 Å². The second-order valence-electron chi connectivity index (χ2n) is 2.91. The predicted molar refractivity (Wildman–Crippen MR) is 54.9 cm³/mol. The fourth-order valence-corrected chi connectivity index (χ4v) is 1.22. The largest absolute Gasteiger partial charge is 0.496 e. The van der Waals surface area contributed by atoms with Crippen LogP contribution in [0.2, 0.25) is 0 Å². The summed E-state index contributed by atoms with van der Waals surface area (Å²) in [5.41, 5.74) is 1.07. The van der Waals surface area contributed by atoms with E-state index in [0.717, 1.165) is 0 Å². The van der Waals surface area contributed by atoms with Gasteiger partial charge in [0.1, 0.15) is 5.75 Å². The van der Waals surface area contributed by atoms with Gasteiger partial charge < -0.3 is 14.6 Å². The predicted octanol–water partition coefficient (Wildman–Crippen LogP) is 1.36. The molecule has 0 unspecified atom stereocenters. The minimum absolute atomic E-state index is 0.119. The van der Waals surface area contributed by atoms with Crippen molar-refractivity contribution in [1.29, 1.82) is 0 Å². The van der Waals surface area contributed by atoms with E-state index in [4.69, 9.17) is 14.6 Å². The molecular formula is C11H14O4. The Labute approximate surface area is 88.4 Å². The van der Waals surface area contributed by atoms with Crippen LogP contribution in [0.1, 0.15) is 22.8 Å². The number of aliphatic hydroxyl groups excluding tert-OH is 1. The average molecular weight is 210 g/mol. The Balaban J connectivity index is 2.97. The molecule has 82 valence electrons. The Bertz CT molecular complexity index is 346. The van der Waals surface area contributed by atoms with E-state index < -0.39 is 0 Å². The zero-order valence-electron chi connectivity index (χ0n) is 8.82. The van der Waals surface area contributed by atoms with Crippen LogP contribution < -0.4 is 4.74 Å². The van der Waals surface area contributed by atoms with Crippen molar-refractivity contribution >= 4 is 5.97 Å². The van der Waals surface area contributed by atoms with E-state index in [0.29, 0.717) is 23.5 Å². The highest BCUT2D eigenvalue weighted by molar-refractivity contribution is 5.90. The Morgan fingerprint density at radius 3 is 2.73 bits per heavy atom. The molecule has 0 saturated heterocycles. The number of rotatable bonds is 4. The van der Waals surface area contributed by atoms with E-state index in [-0.39, 0.29) is 12.6 Å². The van der Waals surface area contributed by atoms with Gasteiger partial charge in [-0.2, -0.15) is 0 Å². The van der Waals surface area contributed by atoms with Crippen molar-refractivity contribution < 1.29 is 19.4 Å². The third-order valence-electron chi connectivity index (χ3n) is 1.97. The zero-order chi connectivity index (χ0) is 11.3. The summed E-state index contributed by atoms with van der Waals surface area (Å²) in [5, 5.41) is 8.99. The normalized spacial score (nSPS) is 9.80. The molecule has 1 rings (SSSR count). The van der Waals surface area contributed by atoms with Gasteiger partial charge in [-0.25, -0.2) is 4.79 Å². The maximum absolute atomic E-state index is 11.4. The number of ether oxygens (including phenoxy) is 2. The van der Waals surface area contributed by atoms with E-state index in [1.54, 1.807) is 25.1 Å². The molecule has 4 nitrogen and oxygen atoms in total. The topological polar surface area (TPSA) is 55.8 Å². The number of esters is 1. The second-order valence-corrected chi connectivity index (χ2v) is 2.91. The second kappa shape index (κ2) is 5.36. The van der Waals surface area contributed by atoms with Crippen molar-refractivity contribution in [2.45, 2.75) is 13.5 Å². The van der Waals surface area contributed by atoms with Crippen LogP contribution in [0.4, 0.5) is 0 Å². The number of methoxy groups -OCH3 is 1. The zero-order valence-corrected chi connectivity index (χ0v) is 8.82. The highest BCUT2D eigenvalue weighted by Crippen LogP contribution is 2.20.